The van der Waals surface area contributed by atoms with Gasteiger partial charge in [-0.15, -0.1) is 0 Å². The molecular formula is C26H24N2O4S. The molecule has 0 fully saturated rings. The minimum absolute atomic E-state index is 0.0281. The number of rotatable bonds is 5. The summed E-state index contributed by atoms with van der Waals surface area (Å²) in [5.74, 6) is -0.324. The molecule has 0 aliphatic rings. The number of carbonyl (C=O) groups excluding carboxylic acids is 1. The first-order valence-corrected chi connectivity index (χ1v) is 12.0. The number of nitrogens with one attached hydrogen (secondary N) is 1. The highest BCUT2D eigenvalue weighted by Crippen LogP contribution is 2.22. The Bertz CT molecular complexity index is 1540. The summed E-state index contributed by atoms with van der Waals surface area (Å²) in [6.45, 7) is 5.56. The van der Waals surface area contributed by atoms with E-state index in [2.05, 4.69) is 5.32 Å². The van der Waals surface area contributed by atoms with Crippen LogP contribution in [-0.2, 0) is 21.2 Å². The van der Waals surface area contributed by atoms with E-state index in [1.807, 2.05) is 45.0 Å². The van der Waals surface area contributed by atoms with Crippen LogP contribution in [0.3, 0.4) is 0 Å². The van der Waals surface area contributed by atoms with Crippen molar-refractivity contribution in [2.24, 2.45) is 0 Å². The van der Waals surface area contributed by atoms with Crippen LogP contribution in [0.2, 0.25) is 0 Å². The predicted octanol–water partition coefficient (Wildman–Crippen LogP) is 4.40. The summed E-state index contributed by atoms with van der Waals surface area (Å²) in [5.41, 5.74) is 3.43. The van der Waals surface area contributed by atoms with Crippen molar-refractivity contribution in [3.63, 3.8) is 0 Å². The van der Waals surface area contributed by atoms with Crippen LogP contribution in [0.4, 0.5) is 5.69 Å². The van der Waals surface area contributed by atoms with Crippen molar-refractivity contribution in [3.05, 3.63) is 99.8 Å². The third kappa shape index (κ3) is 4.45. The highest BCUT2D eigenvalue weighted by molar-refractivity contribution is 7.91. The first-order valence-electron chi connectivity index (χ1n) is 10.5. The van der Waals surface area contributed by atoms with E-state index in [1.165, 1.54) is 22.9 Å². The van der Waals surface area contributed by atoms with E-state index in [0.29, 0.717) is 11.2 Å². The summed E-state index contributed by atoms with van der Waals surface area (Å²) < 4.78 is 28.1. The molecule has 1 amide bonds. The molecule has 3 aromatic carbocycles. The lowest BCUT2D eigenvalue weighted by molar-refractivity contribution is -0.116. The van der Waals surface area contributed by atoms with Crippen molar-refractivity contribution in [2.75, 3.05) is 5.32 Å². The average molecular weight is 461 g/mol. The van der Waals surface area contributed by atoms with E-state index in [4.69, 9.17) is 0 Å². The van der Waals surface area contributed by atoms with Gasteiger partial charge in [-0.25, -0.2) is 8.42 Å². The molecule has 0 aliphatic heterocycles. The summed E-state index contributed by atoms with van der Waals surface area (Å²) >= 11 is 0. The minimum Gasteiger partial charge on any atom is -0.336 e. The van der Waals surface area contributed by atoms with E-state index < -0.39 is 15.3 Å². The molecule has 0 bridgehead atoms. The predicted molar refractivity (Wildman–Crippen MR) is 129 cm³/mol. The second kappa shape index (κ2) is 8.67. The molecule has 1 aromatic heterocycles. The number of hydrogen-bond donors (Lipinski definition) is 1. The fourth-order valence-electron chi connectivity index (χ4n) is 3.83. The highest BCUT2D eigenvalue weighted by atomic mass is 32.2. The van der Waals surface area contributed by atoms with Crippen molar-refractivity contribution in [1.82, 2.24) is 4.57 Å². The number of carbonyl (C=O) groups is 1. The lowest BCUT2D eigenvalue weighted by Gasteiger charge is -2.15. The van der Waals surface area contributed by atoms with Crippen LogP contribution < -0.4 is 10.7 Å². The quantitative estimate of drug-likeness (QED) is 0.478. The van der Waals surface area contributed by atoms with E-state index in [0.717, 1.165) is 16.7 Å². The summed E-state index contributed by atoms with van der Waals surface area (Å²) in [6, 6.07) is 18.7. The number of aromatic nitrogens is 1. The molecule has 0 aliphatic carbocycles. The number of aryl methyl sites for hydroxylation is 3. The number of pyridine rings is 1. The number of benzene rings is 3. The number of hydrogen-bond acceptors (Lipinski definition) is 4. The first-order chi connectivity index (χ1) is 15.7. The minimum atomic E-state index is -4.07. The van der Waals surface area contributed by atoms with Gasteiger partial charge in [0.05, 0.1) is 10.4 Å². The van der Waals surface area contributed by atoms with E-state index in [1.54, 1.807) is 30.3 Å². The van der Waals surface area contributed by atoms with E-state index >= 15 is 0 Å². The largest absolute Gasteiger partial charge is 0.336 e. The maximum Gasteiger partial charge on any atom is 0.244 e. The molecule has 0 saturated heterocycles. The second-order valence-electron chi connectivity index (χ2n) is 8.15. The summed E-state index contributed by atoms with van der Waals surface area (Å²) in [4.78, 5) is 25.8. The number of fused-ring (bicyclic) bond motifs is 1. The molecule has 4 aromatic rings. The molecule has 168 valence electrons. The van der Waals surface area contributed by atoms with Gasteiger partial charge < -0.3 is 9.88 Å². The van der Waals surface area contributed by atoms with E-state index in [-0.39, 0.29) is 27.6 Å². The topological polar surface area (TPSA) is 85.2 Å². The van der Waals surface area contributed by atoms with Gasteiger partial charge in [-0.2, -0.15) is 0 Å². The Morgan fingerprint density at radius 1 is 0.909 bits per heavy atom. The van der Waals surface area contributed by atoms with Crippen molar-refractivity contribution >= 4 is 32.3 Å². The molecule has 0 radical (unpaired) electrons. The Balaban J connectivity index is 1.82. The molecule has 0 saturated carbocycles. The third-order valence-electron chi connectivity index (χ3n) is 5.52. The summed E-state index contributed by atoms with van der Waals surface area (Å²) in [5, 5.41) is 3.14. The van der Waals surface area contributed by atoms with E-state index in [9.17, 15) is 18.0 Å². The summed E-state index contributed by atoms with van der Waals surface area (Å²) in [7, 11) is -4.07. The van der Waals surface area contributed by atoms with Gasteiger partial charge in [-0.1, -0.05) is 47.5 Å². The van der Waals surface area contributed by atoms with Gasteiger partial charge in [0.1, 0.15) is 11.4 Å². The molecule has 0 atom stereocenters. The molecule has 1 heterocycles. The standard InChI is InChI=1S/C26H24N2O4S/c1-17-9-11-22(19(3)13-17)27-25(29)16-28-15-24(33(31,32)20-7-5-4-6-8-20)26(30)21-14-18(2)10-12-23(21)28/h4-15H,16H2,1-3H3,(H,27,29). The fourth-order valence-corrected chi connectivity index (χ4v) is 5.22. The van der Waals surface area contributed by atoms with Gasteiger partial charge in [0.15, 0.2) is 0 Å². The Labute approximate surface area is 192 Å². The lowest BCUT2D eigenvalue weighted by atomic mass is 10.1. The maximum atomic E-state index is 13.3. The Hall–Kier alpha value is -3.71. The molecule has 0 unspecified atom stereocenters. The van der Waals surface area contributed by atoms with Gasteiger partial charge in [0, 0.05) is 17.3 Å². The van der Waals surface area contributed by atoms with Crippen LogP contribution in [0.15, 0.2) is 87.5 Å². The monoisotopic (exact) mass is 460 g/mol. The van der Waals surface area contributed by atoms with Gasteiger partial charge in [0.2, 0.25) is 21.2 Å². The van der Waals surface area contributed by atoms with Crippen LogP contribution in [0.25, 0.3) is 10.9 Å². The van der Waals surface area contributed by atoms with Gasteiger partial charge in [-0.3, -0.25) is 9.59 Å². The number of amides is 1. The van der Waals surface area contributed by atoms with Crippen molar-refractivity contribution < 1.29 is 13.2 Å². The Morgan fingerprint density at radius 2 is 1.58 bits per heavy atom. The normalized spacial score (nSPS) is 11.5. The third-order valence-corrected chi connectivity index (χ3v) is 7.28. The van der Waals surface area contributed by atoms with Crippen molar-refractivity contribution in [1.29, 1.82) is 0 Å². The van der Waals surface area contributed by atoms with Gasteiger partial charge in [-0.05, 0) is 56.7 Å². The van der Waals surface area contributed by atoms with Crippen molar-refractivity contribution in [3.8, 4) is 0 Å². The molecule has 33 heavy (non-hydrogen) atoms. The van der Waals surface area contributed by atoms with Crippen LogP contribution in [0.5, 0.6) is 0 Å². The fraction of sp³-hybridized carbons (Fsp3) is 0.154. The highest BCUT2D eigenvalue weighted by Gasteiger charge is 2.24. The second-order valence-corrected chi connectivity index (χ2v) is 10.1. The Morgan fingerprint density at radius 3 is 2.27 bits per heavy atom. The SMILES string of the molecule is Cc1ccc(NC(=O)Cn2cc(S(=O)(=O)c3ccccc3)c(=O)c3cc(C)ccc32)c(C)c1. The molecule has 7 heteroatoms. The van der Waals surface area contributed by atoms with Crippen LogP contribution >= 0.6 is 0 Å². The molecule has 4 rings (SSSR count). The lowest BCUT2D eigenvalue weighted by Crippen LogP contribution is -2.24. The zero-order valence-corrected chi connectivity index (χ0v) is 19.4. The maximum absolute atomic E-state index is 13.3. The van der Waals surface area contributed by atoms with Crippen LogP contribution in [0.1, 0.15) is 16.7 Å². The number of nitrogens with zero attached hydrogens (tertiary/aromatic N) is 1. The molecule has 6 nitrogen and oxygen atoms in total. The van der Waals surface area contributed by atoms with Crippen molar-refractivity contribution in [2.45, 2.75) is 37.1 Å². The molecule has 1 N–H and O–H groups in total. The summed E-state index contributed by atoms with van der Waals surface area (Å²) in [6.07, 6.45) is 1.27. The van der Waals surface area contributed by atoms with Gasteiger partial charge >= 0.3 is 0 Å². The zero-order valence-electron chi connectivity index (χ0n) is 18.6. The van der Waals surface area contributed by atoms with Gasteiger partial charge in [0.25, 0.3) is 0 Å². The smallest absolute Gasteiger partial charge is 0.244 e. The van der Waals surface area contributed by atoms with Crippen LogP contribution in [0, 0.1) is 20.8 Å². The zero-order chi connectivity index (χ0) is 23.8. The molecular weight excluding hydrogens is 436 g/mol. The Kier molecular flexibility index (Phi) is 5.91. The number of sulfone groups is 1. The first kappa shape index (κ1) is 22.5. The number of anilines is 1. The molecule has 0 spiro atoms. The van der Waals surface area contributed by atoms with Crippen LogP contribution in [-0.4, -0.2) is 18.9 Å². The average Bonchev–Trinajstić information content (AvgIpc) is 2.78.